The Balaban J connectivity index is 6.17. The van der Waals surface area contributed by atoms with Crippen LogP contribution in [0.4, 0.5) is 92.2 Å². The first-order chi connectivity index (χ1) is 20.0. The standard InChI is InChI=1S/C20H22F21O4P/c1-2-3-4-5-6-7-9-44-46(42,43)45-10-8-11(21,22)12(23,24)13(25,26)14(27,28)15(29,30)16(31,32)17(33,34)18(35,36)19(37,38)20(39,40)41/h2-10H2,1H3,(H,42,43). The fourth-order valence-corrected chi connectivity index (χ4v) is 3.89. The minimum atomic E-state index is -9.25. The van der Waals surface area contributed by atoms with E-state index in [1.54, 1.807) is 0 Å². The van der Waals surface area contributed by atoms with Crippen LogP contribution in [0.3, 0.4) is 0 Å². The van der Waals surface area contributed by atoms with Gasteiger partial charge in [-0.3, -0.25) is 9.05 Å². The highest BCUT2D eigenvalue weighted by Crippen LogP contribution is 2.66. The molecular weight excluding hydrogens is 734 g/mol. The van der Waals surface area contributed by atoms with Crippen LogP contribution >= 0.6 is 7.82 Å². The normalized spacial score (nSPS) is 16.9. The number of halogens is 21. The Morgan fingerprint density at radius 1 is 0.457 bits per heavy atom. The lowest BCUT2D eigenvalue weighted by atomic mass is 9.86. The predicted octanol–water partition coefficient (Wildman–Crippen LogP) is 10.2. The number of rotatable bonds is 20. The number of unbranched alkanes of at least 4 members (excludes halogenated alkanes) is 5. The van der Waals surface area contributed by atoms with Crippen LogP contribution in [0, 0.1) is 0 Å². The summed E-state index contributed by atoms with van der Waals surface area (Å²) in [5.41, 5.74) is 0. The number of phosphoric acid groups is 1. The van der Waals surface area contributed by atoms with Crippen molar-refractivity contribution in [2.24, 2.45) is 0 Å². The average Bonchev–Trinajstić information content (AvgIpc) is 2.86. The van der Waals surface area contributed by atoms with Crippen LogP contribution in [0.25, 0.3) is 0 Å². The van der Waals surface area contributed by atoms with Gasteiger partial charge in [0.2, 0.25) is 0 Å². The van der Waals surface area contributed by atoms with E-state index in [4.69, 9.17) is 0 Å². The topological polar surface area (TPSA) is 55.8 Å². The van der Waals surface area contributed by atoms with Gasteiger partial charge in [-0.1, -0.05) is 39.0 Å². The van der Waals surface area contributed by atoms with E-state index in [1.807, 2.05) is 6.92 Å². The smallest absolute Gasteiger partial charge is 0.302 e. The second-order valence-corrected chi connectivity index (χ2v) is 10.9. The van der Waals surface area contributed by atoms with Crippen molar-refractivity contribution < 1.29 is 111 Å². The molecule has 1 N–H and O–H groups in total. The van der Waals surface area contributed by atoms with Gasteiger partial charge < -0.3 is 4.89 Å². The van der Waals surface area contributed by atoms with Gasteiger partial charge in [0.1, 0.15) is 0 Å². The monoisotopic (exact) mass is 756 g/mol. The van der Waals surface area contributed by atoms with Gasteiger partial charge in [-0.15, -0.1) is 0 Å². The van der Waals surface area contributed by atoms with Crippen molar-refractivity contribution in [2.45, 2.75) is 111 Å². The Morgan fingerprint density at radius 2 is 0.761 bits per heavy atom. The second-order valence-electron chi connectivity index (χ2n) is 9.45. The van der Waals surface area contributed by atoms with Crippen LogP contribution in [0.5, 0.6) is 0 Å². The molecule has 0 radical (unpaired) electrons. The van der Waals surface area contributed by atoms with Gasteiger partial charge in [-0.2, -0.15) is 92.2 Å². The van der Waals surface area contributed by atoms with Crippen molar-refractivity contribution in [1.29, 1.82) is 0 Å². The first kappa shape index (κ1) is 44.6. The van der Waals surface area contributed by atoms with Crippen molar-refractivity contribution in [1.82, 2.24) is 0 Å². The molecule has 46 heavy (non-hydrogen) atoms. The van der Waals surface area contributed by atoms with Crippen LogP contribution in [0.1, 0.15) is 51.9 Å². The zero-order chi connectivity index (χ0) is 37.3. The first-order valence-corrected chi connectivity index (χ1v) is 13.6. The summed E-state index contributed by atoms with van der Waals surface area (Å²) in [4.78, 5) is 9.26. The van der Waals surface area contributed by atoms with E-state index in [1.165, 1.54) is 0 Å². The SMILES string of the molecule is CCCCCCCCOP(=O)(O)OCCC(F)(F)C(F)(F)C(F)(F)C(F)(F)C(F)(F)C(F)(F)C(F)(F)C(F)(F)C(F)(F)C(F)(F)F. The Hall–Kier alpha value is -1.36. The third-order valence-corrected chi connectivity index (χ3v) is 7.02. The molecule has 0 aromatic carbocycles. The summed E-state index contributed by atoms with van der Waals surface area (Å²) in [6, 6.07) is 0. The molecule has 278 valence electrons. The maximum absolute atomic E-state index is 13.9. The number of hydrogen-bond donors (Lipinski definition) is 1. The summed E-state index contributed by atoms with van der Waals surface area (Å²) in [7, 11) is -5.50. The Labute approximate surface area is 244 Å². The molecule has 0 aliphatic heterocycles. The summed E-state index contributed by atoms with van der Waals surface area (Å²) in [5.74, 6) is -78.0. The third kappa shape index (κ3) is 7.76. The molecule has 1 atom stereocenters. The maximum atomic E-state index is 13.9. The molecule has 0 spiro atoms. The molecular formula is C20H22F21O4P. The maximum Gasteiger partial charge on any atom is 0.472 e. The number of alkyl halides is 21. The van der Waals surface area contributed by atoms with Gasteiger partial charge in [0.15, 0.2) is 0 Å². The van der Waals surface area contributed by atoms with Gasteiger partial charge >= 0.3 is 67.3 Å². The van der Waals surface area contributed by atoms with Crippen LogP contribution in [0.2, 0.25) is 0 Å². The highest BCUT2D eigenvalue weighted by atomic mass is 31.2. The van der Waals surface area contributed by atoms with E-state index in [2.05, 4.69) is 9.05 Å². The minimum Gasteiger partial charge on any atom is -0.302 e. The molecule has 0 rings (SSSR count). The molecule has 26 heteroatoms. The molecule has 0 aromatic rings. The number of phosphoric ester groups is 1. The fraction of sp³-hybridized carbons (Fsp3) is 1.00. The largest absolute Gasteiger partial charge is 0.472 e. The van der Waals surface area contributed by atoms with Crippen molar-refractivity contribution in [2.75, 3.05) is 13.2 Å². The molecule has 1 unspecified atom stereocenters. The molecule has 0 bridgehead atoms. The molecule has 0 amide bonds. The Morgan fingerprint density at radius 3 is 1.13 bits per heavy atom. The number of hydrogen-bond acceptors (Lipinski definition) is 3. The fourth-order valence-electron chi connectivity index (χ4n) is 3.14. The van der Waals surface area contributed by atoms with E-state index in [9.17, 15) is 102 Å². The van der Waals surface area contributed by atoms with Crippen LogP contribution in [0.15, 0.2) is 0 Å². The van der Waals surface area contributed by atoms with E-state index >= 15 is 0 Å². The van der Waals surface area contributed by atoms with Crippen LogP contribution < -0.4 is 0 Å². The molecule has 0 aliphatic rings. The average molecular weight is 756 g/mol. The second kappa shape index (κ2) is 13.9. The highest BCUT2D eigenvalue weighted by molar-refractivity contribution is 7.47. The minimum absolute atomic E-state index is 0.00479. The van der Waals surface area contributed by atoms with Gasteiger partial charge in [0.05, 0.1) is 13.2 Å². The van der Waals surface area contributed by atoms with Gasteiger partial charge in [-0.25, -0.2) is 4.57 Å². The lowest BCUT2D eigenvalue weighted by molar-refractivity contribution is -0.474. The zero-order valence-corrected chi connectivity index (χ0v) is 23.3. The summed E-state index contributed by atoms with van der Waals surface area (Å²) in [5, 5.41) is 0. The molecule has 0 fully saturated rings. The lowest BCUT2D eigenvalue weighted by Gasteiger charge is -2.44. The molecule has 0 aromatic heterocycles. The first-order valence-electron chi connectivity index (χ1n) is 12.1. The van der Waals surface area contributed by atoms with Crippen molar-refractivity contribution in [3.05, 3.63) is 0 Å². The molecule has 0 saturated carbocycles. The molecule has 4 nitrogen and oxygen atoms in total. The van der Waals surface area contributed by atoms with E-state index in [-0.39, 0.29) is 6.42 Å². The summed E-state index contributed by atoms with van der Waals surface area (Å²) >= 11 is 0. The Bertz CT molecular complexity index is 1040. The van der Waals surface area contributed by atoms with E-state index in [0.29, 0.717) is 19.3 Å². The zero-order valence-electron chi connectivity index (χ0n) is 22.4. The van der Waals surface area contributed by atoms with Crippen LogP contribution in [-0.4, -0.2) is 77.6 Å². The lowest BCUT2D eigenvalue weighted by Crippen LogP contribution is -2.76. The predicted molar refractivity (Wildman–Crippen MR) is 110 cm³/mol. The van der Waals surface area contributed by atoms with E-state index < -0.39 is 86.9 Å². The summed E-state index contributed by atoms with van der Waals surface area (Å²) in [6.07, 6.45) is -7.95. The summed E-state index contributed by atoms with van der Waals surface area (Å²) < 4.78 is 300. The van der Waals surface area contributed by atoms with Crippen LogP contribution in [-0.2, 0) is 13.6 Å². The third-order valence-electron chi connectivity index (χ3n) is 6.00. The molecule has 0 heterocycles. The molecule has 0 saturated heterocycles. The Kier molecular flexibility index (Phi) is 13.5. The van der Waals surface area contributed by atoms with Gasteiger partial charge in [0, 0.05) is 6.42 Å². The van der Waals surface area contributed by atoms with Crippen molar-refractivity contribution in [3.63, 3.8) is 0 Å². The van der Waals surface area contributed by atoms with Gasteiger partial charge in [-0.05, 0) is 6.42 Å². The van der Waals surface area contributed by atoms with Gasteiger partial charge in [0.25, 0.3) is 0 Å². The van der Waals surface area contributed by atoms with E-state index in [0.717, 1.165) is 12.8 Å². The van der Waals surface area contributed by atoms with Crippen molar-refractivity contribution in [3.8, 4) is 0 Å². The van der Waals surface area contributed by atoms with Crippen molar-refractivity contribution >= 4 is 7.82 Å². The molecule has 0 aliphatic carbocycles. The quantitative estimate of drug-likeness (QED) is 0.0764. The highest BCUT2D eigenvalue weighted by Gasteiger charge is 2.97. The summed E-state index contributed by atoms with van der Waals surface area (Å²) in [6.45, 7) is -1.18.